The van der Waals surface area contributed by atoms with Crippen LogP contribution < -0.4 is 11.1 Å². The first-order valence-electron chi connectivity index (χ1n) is 8.88. The van der Waals surface area contributed by atoms with Gasteiger partial charge in [0.2, 0.25) is 5.91 Å². The maximum Gasteiger partial charge on any atom is 0.251 e. The van der Waals surface area contributed by atoms with Crippen LogP contribution in [0.1, 0.15) is 29.6 Å². The summed E-state index contributed by atoms with van der Waals surface area (Å²) in [6.45, 7) is 3.15. The molecule has 0 aliphatic carbocycles. The van der Waals surface area contributed by atoms with E-state index in [1.807, 2.05) is 12.1 Å². The highest BCUT2D eigenvalue weighted by Gasteiger charge is 2.23. The van der Waals surface area contributed by atoms with Gasteiger partial charge in [-0.2, -0.15) is 0 Å². The molecular formula is C18H24N6O2. The molecule has 2 amide bonds. The second-order valence-corrected chi connectivity index (χ2v) is 6.57. The van der Waals surface area contributed by atoms with E-state index in [4.69, 9.17) is 5.73 Å². The molecule has 26 heavy (non-hydrogen) atoms. The van der Waals surface area contributed by atoms with Crippen molar-refractivity contribution >= 4 is 11.8 Å². The molecule has 8 heteroatoms. The van der Waals surface area contributed by atoms with E-state index in [1.165, 1.54) is 0 Å². The molecule has 8 nitrogen and oxygen atoms in total. The molecule has 0 saturated carbocycles. The van der Waals surface area contributed by atoms with Crippen molar-refractivity contribution in [2.45, 2.75) is 19.3 Å². The summed E-state index contributed by atoms with van der Waals surface area (Å²) in [5.41, 5.74) is 6.84. The Kier molecular flexibility index (Phi) is 5.96. The number of carbonyl (C=O) groups is 2. The van der Waals surface area contributed by atoms with Gasteiger partial charge < -0.3 is 16.0 Å². The topological polar surface area (TPSA) is 106 Å². The Morgan fingerprint density at radius 2 is 2.08 bits per heavy atom. The summed E-state index contributed by atoms with van der Waals surface area (Å²) in [4.78, 5) is 25.9. The van der Waals surface area contributed by atoms with Gasteiger partial charge in [-0.05, 0) is 50.6 Å². The number of aromatic nitrogens is 3. The number of primary amides is 1. The highest BCUT2D eigenvalue weighted by atomic mass is 16.2. The number of amides is 2. The van der Waals surface area contributed by atoms with Gasteiger partial charge in [-0.3, -0.25) is 14.2 Å². The molecule has 0 spiro atoms. The number of nitrogens with one attached hydrogen (secondary N) is 1. The van der Waals surface area contributed by atoms with Gasteiger partial charge in [0, 0.05) is 24.3 Å². The van der Waals surface area contributed by atoms with Crippen LogP contribution in [0.5, 0.6) is 0 Å². The predicted molar refractivity (Wildman–Crippen MR) is 96.7 cm³/mol. The Balaban J connectivity index is 1.44. The first-order valence-corrected chi connectivity index (χ1v) is 8.88. The molecule has 3 N–H and O–H groups in total. The van der Waals surface area contributed by atoms with Crippen LogP contribution in [0.2, 0.25) is 0 Å². The Morgan fingerprint density at radius 1 is 1.27 bits per heavy atom. The molecule has 138 valence electrons. The van der Waals surface area contributed by atoms with Crippen molar-refractivity contribution < 1.29 is 9.59 Å². The lowest BCUT2D eigenvalue weighted by molar-refractivity contribution is -0.123. The van der Waals surface area contributed by atoms with E-state index in [0.29, 0.717) is 12.1 Å². The second kappa shape index (κ2) is 8.57. The summed E-state index contributed by atoms with van der Waals surface area (Å²) >= 11 is 0. The van der Waals surface area contributed by atoms with Crippen LogP contribution in [0.15, 0.2) is 36.9 Å². The fourth-order valence-electron chi connectivity index (χ4n) is 3.24. The average molecular weight is 356 g/mol. The molecule has 3 rings (SSSR count). The van der Waals surface area contributed by atoms with Crippen molar-refractivity contribution in [2.75, 3.05) is 26.2 Å². The summed E-state index contributed by atoms with van der Waals surface area (Å²) in [5, 5.41) is 10.5. The van der Waals surface area contributed by atoms with Crippen LogP contribution in [0.25, 0.3) is 5.69 Å². The van der Waals surface area contributed by atoms with E-state index in [0.717, 1.165) is 44.6 Å². The minimum Gasteiger partial charge on any atom is -0.369 e. The molecule has 1 saturated heterocycles. The summed E-state index contributed by atoms with van der Waals surface area (Å²) in [5.74, 6) is -0.358. The lowest BCUT2D eigenvalue weighted by atomic mass is 9.97. The van der Waals surface area contributed by atoms with Crippen LogP contribution in [-0.2, 0) is 4.79 Å². The smallest absolute Gasteiger partial charge is 0.251 e. The zero-order valence-electron chi connectivity index (χ0n) is 14.7. The monoisotopic (exact) mass is 356 g/mol. The van der Waals surface area contributed by atoms with Crippen molar-refractivity contribution in [1.29, 1.82) is 0 Å². The maximum absolute atomic E-state index is 12.3. The Bertz CT molecular complexity index is 746. The number of carbonyl (C=O) groups excluding carboxylic acids is 2. The number of rotatable bonds is 7. The molecule has 1 fully saturated rings. The molecule has 1 aliphatic heterocycles. The molecule has 0 radical (unpaired) electrons. The third kappa shape index (κ3) is 4.66. The number of likely N-dealkylation sites (tertiary alicyclic amines) is 1. The predicted octanol–water partition coefficient (Wildman–Crippen LogP) is 0.585. The fraction of sp³-hybridized carbons (Fsp3) is 0.444. The maximum atomic E-state index is 12.3. The third-order valence-corrected chi connectivity index (χ3v) is 4.67. The summed E-state index contributed by atoms with van der Waals surface area (Å²) < 4.78 is 1.75. The van der Waals surface area contributed by atoms with Gasteiger partial charge in [0.05, 0.1) is 5.92 Å². The SMILES string of the molecule is NC(=O)[C@H]1CCCN(CCCNC(=O)c2cccc(-n3cnnc3)c2)C1. The quantitative estimate of drug-likeness (QED) is 0.706. The number of benzene rings is 1. The number of piperidine rings is 1. The zero-order chi connectivity index (χ0) is 18.4. The minimum atomic E-state index is -0.212. The molecular weight excluding hydrogens is 332 g/mol. The summed E-state index contributed by atoms with van der Waals surface area (Å²) in [7, 11) is 0. The van der Waals surface area contributed by atoms with E-state index >= 15 is 0 Å². The van der Waals surface area contributed by atoms with Crippen molar-refractivity contribution in [3.8, 4) is 5.69 Å². The van der Waals surface area contributed by atoms with E-state index in [1.54, 1.807) is 29.4 Å². The van der Waals surface area contributed by atoms with Crippen LogP contribution in [0.4, 0.5) is 0 Å². The zero-order valence-corrected chi connectivity index (χ0v) is 14.7. The molecule has 1 aromatic heterocycles. The molecule has 1 atom stereocenters. The van der Waals surface area contributed by atoms with Gasteiger partial charge in [-0.25, -0.2) is 0 Å². The van der Waals surface area contributed by atoms with Crippen molar-refractivity contribution in [3.63, 3.8) is 0 Å². The number of hydrogen-bond donors (Lipinski definition) is 2. The van der Waals surface area contributed by atoms with Crippen molar-refractivity contribution in [1.82, 2.24) is 25.0 Å². The standard InChI is InChI=1S/C18H24N6O2/c19-17(25)15-5-2-8-23(11-15)9-3-7-20-18(26)14-4-1-6-16(10-14)24-12-21-22-13-24/h1,4,6,10,12-13,15H,2-3,5,7-9,11H2,(H2,19,25)(H,20,26)/t15-/m0/s1. The molecule has 1 aliphatic rings. The highest BCUT2D eigenvalue weighted by molar-refractivity contribution is 5.94. The van der Waals surface area contributed by atoms with Gasteiger partial charge >= 0.3 is 0 Å². The number of nitrogens with zero attached hydrogens (tertiary/aromatic N) is 4. The lowest BCUT2D eigenvalue weighted by Crippen LogP contribution is -2.42. The van der Waals surface area contributed by atoms with E-state index in [9.17, 15) is 9.59 Å². The van der Waals surface area contributed by atoms with E-state index < -0.39 is 0 Å². The van der Waals surface area contributed by atoms with Crippen LogP contribution >= 0.6 is 0 Å². The Hall–Kier alpha value is -2.74. The molecule has 1 aromatic carbocycles. The van der Waals surface area contributed by atoms with Gasteiger partial charge in [0.25, 0.3) is 5.91 Å². The van der Waals surface area contributed by atoms with Gasteiger partial charge in [-0.1, -0.05) is 6.07 Å². The van der Waals surface area contributed by atoms with Crippen molar-refractivity contribution in [2.24, 2.45) is 11.7 Å². The van der Waals surface area contributed by atoms with Crippen LogP contribution in [0, 0.1) is 5.92 Å². The Labute approximate surface area is 152 Å². The first-order chi connectivity index (χ1) is 12.6. The van der Waals surface area contributed by atoms with Crippen LogP contribution in [0.3, 0.4) is 0 Å². The molecule has 2 aromatic rings. The molecule has 2 heterocycles. The normalized spacial score (nSPS) is 17.8. The van der Waals surface area contributed by atoms with Crippen molar-refractivity contribution in [3.05, 3.63) is 42.5 Å². The Morgan fingerprint density at radius 3 is 2.85 bits per heavy atom. The van der Waals surface area contributed by atoms with Crippen LogP contribution in [-0.4, -0.2) is 57.7 Å². The highest BCUT2D eigenvalue weighted by Crippen LogP contribution is 2.16. The third-order valence-electron chi connectivity index (χ3n) is 4.67. The van der Waals surface area contributed by atoms with E-state index in [2.05, 4.69) is 20.4 Å². The van der Waals surface area contributed by atoms with E-state index in [-0.39, 0.29) is 17.7 Å². The summed E-state index contributed by atoms with van der Waals surface area (Å²) in [6.07, 6.45) is 5.90. The minimum absolute atomic E-state index is 0.0428. The van der Waals surface area contributed by atoms with Gasteiger partial charge in [0.1, 0.15) is 12.7 Å². The molecule has 0 bridgehead atoms. The summed E-state index contributed by atoms with van der Waals surface area (Å²) in [6, 6.07) is 7.32. The second-order valence-electron chi connectivity index (χ2n) is 6.57. The molecule has 0 unspecified atom stereocenters. The average Bonchev–Trinajstić information content (AvgIpc) is 3.20. The number of hydrogen-bond acceptors (Lipinski definition) is 5. The number of nitrogens with two attached hydrogens (primary N) is 1. The van der Waals surface area contributed by atoms with Gasteiger partial charge in [0.15, 0.2) is 0 Å². The lowest BCUT2D eigenvalue weighted by Gasteiger charge is -2.31. The van der Waals surface area contributed by atoms with Gasteiger partial charge in [-0.15, -0.1) is 10.2 Å². The fourth-order valence-corrected chi connectivity index (χ4v) is 3.24. The first kappa shape index (κ1) is 18.1. The largest absolute Gasteiger partial charge is 0.369 e.